The molecule has 0 bridgehead atoms. The van der Waals surface area contributed by atoms with Crippen molar-refractivity contribution in [2.45, 2.75) is 57.0 Å². The molecule has 0 aromatic carbocycles. The zero-order valence-corrected chi connectivity index (χ0v) is 11.8. The first-order valence-corrected chi connectivity index (χ1v) is 7.84. The van der Waals surface area contributed by atoms with Crippen LogP contribution >= 0.6 is 0 Å². The molecule has 1 unspecified atom stereocenters. The smallest absolute Gasteiger partial charge is 0.0593 e. The van der Waals surface area contributed by atoms with E-state index >= 15 is 0 Å². The highest BCUT2D eigenvalue weighted by Crippen LogP contribution is 2.33. The van der Waals surface area contributed by atoms with Gasteiger partial charge in [-0.25, -0.2) is 0 Å². The van der Waals surface area contributed by atoms with Crippen LogP contribution in [0.15, 0.2) is 0 Å². The molecule has 2 aliphatic carbocycles. The fraction of sp³-hybridized carbons (Fsp3) is 1.00. The van der Waals surface area contributed by atoms with Crippen LogP contribution in [0.4, 0.5) is 0 Å². The lowest BCUT2D eigenvalue weighted by atomic mass is 9.92. The summed E-state index contributed by atoms with van der Waals surface area (Å²) in [6.07, 6.45) is 8.36. The van der Waals surface area contributed by atoms with Crippen LogP contribution in [0.2, 0.25) is 0 Å². The summed E-state index contributed by atoms with van der Waals surface area (Å²) in [4.78, 5) is 2.65. The lowest BCUT2D eigenvalue weighted by Gasteiger charge is -2.45. The van der Waals surface area contributed by atoms with E-state index in [0.717, 1.165) is 32.2 Å². The minimum absolute atomic E-state index is 0.447. The summed E-state index contributed by atoms with van der Waals surface area (Å²) in [5.41, 5.74) is 0.447. The molecule has 1 heterocycles. The summed E-state index contributed by atoms with van der Waals surface area (Å²) in [7, 11) is 0. The normalized spacial score (nSPS) is 32.2. The predicted octanol–water partition coefficient (Wildman–Crippen LogP) is 2.02. The molecular formula is C15H28N2O. The molecule has 1 saturated heterocycles. The molecule has 1 aliphatic heterocycles. The Morgan fingerprint density at radius 2 is 2.06 bits per heavy atom. The number of rotatable bonds is 5. The van der Waals surface area contributed by atoms with Crippen LogP contribution in [-0.4, -0.2) is 49.3 Å². The zero-order valence-electron chi connectivity index (χ0n) is 11.8. The van der Waals surface area contributed by atoms with Crippen molar-refractivity contribution in [2.75, 3.05) is 32.8 Å². The largest absolute Gasteiger partial charge is 0.380 e. The van der Waals surface area contributed by atoms with Crippen LogP contribution in [-0.2, 0) is 4.74 Å². The van der Waals surface area contributed by atoms with Gasteiger partial charge in [0.2, 0.25) is 0 Å². The number of piperazine rings is 1. The van der Waals surface area contributed by atoms with E-state index < -0.39 is 0 Å². The average Bonchev–Trinajstić information content (AvgIpc) is 3.09. The number of nitrogens with zero attached hydrogens (tertiary/aromatic N) is 1. The fourth-order valence-corrected chi connectivity index (χ4v) is 3.50. The third-order valence-corrected chi connectivity index (χ3v) is 5.04. The second-order valence-corrected chi connectivity index (χ2v) is 6.71. The van der Waals surface area contributed by atoms with Crippen molar-refractivity contribution in [3.05, 3.63) is 0 Å². The van der Waals surface area contributed by atoms with Gasteiger partial charge in [0.25, 0.3) is 0 Å². The molecule has 3 aliphatic rings. The van der Waals surface area contributed by atoms with E-state index in [1.165, 1.54) is 45.1 Å². The molecule has 0 aromatic heterocycles. The Bertz CT molecular complexity index is 272. The second kappa shape index (κ2) is 5.48. The second-order valence-electron chi connectivity index (χ2n) is 6.71. The Morgan fingerprint density at radius 1 is 1.28 bits per heavy atom. The van der Waals surface area contributed by atoms with Gasteiger partial charge in [0.05, 0.1) is 6.61 Å². The standard InChI is InChI=1S/C15H28N2O/c1-13-10-16-15(6-2-3-7-15)12-17(13)8-9-18-11-14-4-5-14/h13-14,16H,2-12H2,1H3. The topological polar surface area (TPSA) is 24.5 Å². The monoisotopic (exact) mass is 252 g/mol. The summed E-state index contributed by atoms with van der Waals surface area (Å²) >= 11 is 0. The summed E-state index contributed by atoms with van der Waals surface area (Å²) in [6.45, 7) is 7.79. The van der Waals surface area contributed by atoms with Crippen molar-refractivity contribution in [1.82, 2.24) is 10.2 Å². The van der Waals surface area contributed by atoms with Crippen molar-refractivity contribution in [2.24, 2.45) is 5.92 Å². The van der Waals surface area contributed by atoms with Crippen LogP contribution in [0.3, 0.4) is 0 Å². The summed E-state index contributed by atoms with van der Waals surface area (Å²) < 4.78 is 5.80. The SMILES string of the molecule is CC1CNC2(CCCC2)CN1CCOCC1CC1. The fourth-order valence-electron chi connectivity index (χ4n) is 3.50. The summed E-state index contributed by atoms with van der Waals surface area (Å²) in [5, 5.41) is 3.81. The maximum Gasteiger partial charge on any atom is 0.0593 e. The Labute approximate surface area is 111 Å². The predicted molar refractivity (Wildman–Crippen MR) is 73.8 cm³/mol. The highest BCUT2D eigenvalue weighted by Gasteiger charge is 2.39. The summed E-state index contributed by atoms with van der Waals surface area (Å²) in [5.74, 6) is 0.895. The molecule has 0 amide bonds. The Hall–Kier alpha value is -0.120. The molecule has 1 N–H and O–H groups in total. The van der Waals surface area contributed by atoms with E-state index in [9.17, 15) is 0 Å². The lowest BCUT2D eigenvalue weighted by molar-refractivity contribution is 0.0444. The van der Waals surface area contributed by atoms with Crippen molar-refractivity contribution in [1.29, 1.82) is 0 Å². The Kier molecular flexibility index (Phi) is 3.92. The molecule has 3 heteroatoms. The first kappa shape index (κ1) is 12.9. The van der Waals surface area contributed by atoms with Gasteiger partial charge in [0, 0.05) is 37.8 Å². The molecule has 0 aromatic rings. The molecule has 104 valence electrons. The Balaban J connectivity index is 1.43. The van der Waals surface area contributed by atoms with Gasteiger partial charge >= 0.3 is 0 Å². The molecule has 18 heavy (non-hydrogen) atoms. The van der Waals surface area contributed by atoms with E-state index in [1.54, 1.807) is 0 Å². The quantitative estimate of drug-likeness (QED) is 0.758. The number of hydrogen-bond donors (Lipinski definition) is 1. The van der Waals surface area contributed by atoms with Gasteiger partial charge in [-0.2, -0.15) is 0 Å². The third kappa shape index (κ3) is 3.06. The molecule has 3 rings (SSSR count). The van der Waals surface area contributed by atoms with Crippen LogP contribution < -0.4 is 5.32 Å². The first-order chi connectivity index (χ1) is 8.77. The number of hydrogen-bond acceptors (Lipinski definition) is 3. The van der Waals surface area contributed by atoms with E-state index in [4.69, 9.17) is 4.74 Å². The highest BCUT2D eigenvalue weighted by atomic mass is 16.5. The van der Waals surface area contributed by atoms with Crippen molar-refractivity contribution in [3.63, 3.8) is 0 Å². The molecule has 3 nitrogen and oxygen atoms in total. The molecule has 2 saturated carbocycles. The zero-order chi connectivity index (χ0) is 12.4. The molecule has 0 radical (unpaired) electrons. The van der Waals surface area contributed by atoms with Gasteiger partial charge < -0.3 is 10.1 Å². The Morgan fingerprint density at radius 3 is 2.78 bits per heavy atom. The van der Waals surface area contributed by atoms with Gasteiger partial charge in [0.1, 0.15) is 0 Å². The lowest BCUT2D eigenvalue weighted by Crippen LogP contribution is -2.62. The molecule has 1 spiro atoms. The summed E-state index contributed by atoms with van der Waals surface area (Å²) in [6, 6.07) is 0.667. The van der Waals surface area contributed by atoms with Gasteiger partial charge in [-0.05, 0) is 38.5 Å². The third-order valence-electron chi connectivity index (χ3n) is 5.04. The molecule has 3 fully saturated rings. The highest BCUT2D eigenvalue weighted by molar-refractivity contribution is 5.00. The van der Waals surface area contributed by atoms with Crippen molar-refractivity contribution >= 4 is 0 Å². The van der Waals surface area contributed by atoms with E-state index in [-0.39, 0.29) is 0 Å². The molecule has 1 atom stereocenters. The van der Waals surface area contributed by atoms with Gasteiger partial charge in [-0.1, -0.05) is 12.8 Å². The van der Waals surface area contributed by atoms with Gasteiger partial charge in [0.15, 0.2) is 0 Å². The van der Waals surface area contributed by atoms with Gasteiger partial charge in [-0.3, -0.25) is 4.90 Å². The van der Waals surface area contributed by atoms with Crippen LogP contribution in [0.25, 0.3) is 0 Å². The first-order valence-electron chi connectivity index (χ1n) is 7.84. The van der Waals surface area contributed by atoms with E-state index in [0.29, 0.717) is 11.6 Å². The van der Waals surface area contributed by atoms with E-state index in [1.807, 2.05) is 0 Å². The van der Waals surface area contributed by atoms with Gasteiger partial charge in [-0.15, -0.1) is 0 Å². The minimum atomic E-state index is 0.447. The average molecular weight is 252 g/mol. The van der Waals surface area contributed by atoms with E-state index in [2.05, 4.69) is 17.1 Å². The minimum Gasteiger partial charge on any atom is -0.380 e. The maximum atomic E-state index is 5.80. The van der Waals surface area contributed by atoms with Crippen molar-refractivity contribution in [3.8, 4) is 0 Å². The van der Waals surface area contributed by atoms with Crippen molar-refractivity contribution < 1.29 is 4.74 Å². The number of nitrogens with one attached hydrogen (secondary N) is 1. The van der Waals surface area contributed by atoms with Crippen LogP contribution in [0, 0.1) is 5.92 Å². The molecular weight excluding hydrogens is 224 g/mol. The maximum absolute atomic E-state index is 5.80. The van der Waals surface area contributed by atoms with Crippen LogP contribution in [0.1, 0.15) is 45.4 Å². The number of ether oxygens (including phenoxy) is 1. The van der Waals surface area contributed by atoms with Crippen LogP contribution in [0.5, 0.6) is 0 Å².